The third-order valence-electron chi connectivity index (χ3n) is 2.70. The smallest absolute Gasteiger partial charge is 0.329 e. The molecule has 1 amide bonds. The highest BCUT2D eigenvalue weighted by molar-refractivity contribution is 5.89. The molecule has 0 aromatic rings. The second-order valence-electron chi connectivity index (χ2n) is 3.61. The highest BCUT2D eigenvalue weighted by atomic mass is 16.5. The van der Waals surface area contributed by atoms with Crippen molar-refractivity contribution in [1.29, 1.82) is 0 Å². The van der Waals surface area contributed by atoms with Crippen LogP contribution in [-0.4, -0.2) is 35.7 Å². The third kappa shape index (κ3) is 1.87. The first kappa shape index (κ1) is 11.0. The van der Waals surface area contributed by atoms with Crippen LogP contribution in [0.1, 0.15) is 26.2 Å². The van der Waals surface area contributed by atoms with Gasteiger partial charge in [-0.05, 0) is 26.2 Å². The number of carbonyl (C=O) groups excluding carboxylic acids is 1. The average molecular weight is 201 g/mol. The van der Waals surface area contributed by atoms with Gasteiger partial charge in [-0.25, -0.2) is 4.79 Å². The van der Waals surface area contributed by atoms with E-state index in [0.29, 0.717) is 12.8 Å². The maximum Gasteiger partial charge on any atom is 0.329 e. The maximum atomic E-state index is 11.4. The van der Waals surface area contributed by atoms with Crippen molar-refractivity contribution in [2.24, 2.45) is 0 Å². The lowest BCUT2D eigenvalue weighted by Crippen LogP contribution is -2.60. The summed E-state index contributed by atoms with van der Waals surface area (Å²) in [6.45, 7) is 1.59. The van der Waals surface area contributed by atoms with Crippen molar-refractivity contribution in [3.63, 3.8) is 0 Å². The maximum absolute atomic E-state index is 11.4. The largest absolute Gasteiger partial charge is 0.480 e. The highest BCUT2D eigenvalue weighted by Crippen LogP contribution is 2.32. The molecule has 80 valence electrons. The standard InChI is InChI=1S/C9H15NO4/c1-6(14-2)7(11)10-9(8(12)13)4-3-5-9/h6H,3-5H2,1-2H3,(H,10,11)(H,12,13). The topological polar surface area (TPSA) is 75.6 Å². The third-order valence-corrected chi connectivity index (χ3v) is 2.70. The lowest BCUT2D eigenvalue weighted by atomic mass is 9.76. The Hall–Kier alpha value is -1.10. The van der Waals surface area contributed by atoms with Crippen molar-refractivity contribution >= 4 is 11.9 Å². The van der Waals surface area contributed by atoms with Gasteiger partial charge in [0.15, 0.2) is 0 Å². The van der Waals surface area contributed by atoms with Gasteiger partial charge < -0.3 is 15.2 Å². The van der Waals surface area contributed by atoms with Crippen molar-refractivity contribution in [2.45, 2.75) is 37.8 Å². The number of carbonyl (C=O) groups is 2. The summed E-state index contributed by atoms with van der Waals surface area (Å²) < 4.78 is 4.80. The van der Waals surface area contributed by atoms with Gasteiger partial charge in [0.2, 0.25) is 5.91 Å². The van der Waals surface area contributed by atoms with Crippen molar-refractivity contribution < 1.29 is 19.4 Å². The molecule has 14 heavy (non-hydrogen) atoms. The molecule has 0 spiro atoms. The van der Waals surface area contributed by atoms with Crippen LogP contribution in [0.3, 0.4) is 0 Å². The predicted molar refractivity (Wildman–Crippen MR) is 48.8 cm³/mol. The van der Waals surface area contributed by atoms with Crippen LogP contribution in [-0.2, 0) is 14.3 Å². The zero-order valence-corrected chi connectivity index (χ0v) is 8.37. The number of carboxylic acid groups (broad SMARTS) is 1. The van der Waals surface area contributed by atoms with E-state index in [0.717, 1.165) is 6.42 Å². The van der Waals surface area contributed by atoms with E-state index in [4.69, 9.17) is 9.84 Å². The minimum atomic E-state index is -1.04. The molecule has 0 aromatic heterocycles. The molecule has 0 bridgehead atoms. The summed E-state index contributed by atoms with van der Waals surface area (Å²) in [5.41, 5.74) is -1.04. The van der Waals surface area contributed by atoms with E-state index in [2.05, 4.69) is 5.32 Å². The number of hydrogen-bond donors (Lipinski definition) is 2. The molecule has 0 aromatic carbocycles. The number of carboxylic acids is 1. The first-order valence-electron chi connectivity index (χ1n) is 4.60. The predicted octanol–water partition coefficient (Wildman–Crippen LogP) is 0.145. The van der Waals surface area contributed by atoms with Crippen molar-refractivity contribution in [1.82, 2.24) is 5.32 Å². The molecule has 1 atom stereocenters. The Balaban J connectivity index is 2.57. The average Bonchev–Trinajstić information content (AvgIpc) is 2.08. The summed E-state index contributed by atoms with van der Waals surface area (Å²) in [6.07, 6.45) is 1.25. The van der Waals surface area contributed by atoms with Gasteiger partial charge in [-0.3, -0.25) is 4.79 Å². The van der Waals surface area contributed by atoms with E-state index in [9.17, 15) is 9.59 Å². The number of rotatable bonds is 4. The van der Waals surface area contributed by atoms with Gasteiger partial charge in [-0.15, -0.1) is 0 Å². The Labute approximate surface area is 82.4 Å². The van der Waals surface area contributed by atoms with Gasteiger partial charge in [0.05, 0.1) is 0 Å². The molecule has 0 radical (unpaired) electrons. The lowest BCUT2D eigenvalue weighted by molar-refractivity contribution is -0.153. The van der Waals surface area contributed by atoms with Crippen molar-refractivity contribution in [3.05, 3.63) is 0 Å². The molecule has 5 nitrogen and oxygen atoms in total. The van der Waals surface area contributed by atoms with Gasteiger partial charge in [0.1, 0.15) is 11.6 Å². The van der Waals surface area contributed by atoms with E-state index in [-0.39, 0.29) is 5.91 Å². The van der Waals surface area contributed by atoms with Gasteiger partial charge in [-0.1, -0.05) is 0 Å². The molecule has 0 saturated heterocycles. The molecule has 0 aliphatic heterocycles. The molecule has 1 fully saturated rings. The Morgan fingerprint density at radius 3 is 2.36 bits per heavy atom. The molecule has 1 aliphatic rings. The Morgan fingerprint density at radius 2 is 2.07 bits per heavy atom. The fourth-order valence-corrected chi connectivity index (χ4v) is 1.37. The molecule has 0 heterocycles. The summed E-state index contributed by atoms with van der Waals surface area (Å²) >= 11 is 0. The Kier molecular flexibility index (Phi) is 3.10. The Bertz CT molecular complexity index is 247. The molecule has 1 unspecified atom stereocenters. The quantitative estimate of drug-likeness (QED) is 0.678. The molecular formula is C9H15NO4. The van der Waals surface area contributed by atoms with Gasteiger partial charge >= 0.3 is 5.97 Å². The number of nitrogens with one attached hydrogen (secondary N) is 1. The van der Waals surface area contributed by atoms with Gasteiger partial charge in [-0.2, -0.15) is 0 Å². The van der Waals surface area contributed by atoms with Crippen LogP contribution in [0.4, 0.5) is 0 Å². The number of amides is 1. The molecule has 5 heteroatoms. The number of ether oxygens (including phenoxy) is 1. The summed E-state index contributed by atoms with van der Waals surface area (Å²) in [7, 11) is 1.42. The summed E-state index contributed by atoms with van der Waals surface area (Å²) in [5, 5.41) is 11.4. The SMILES string of the molecule is COC(C)C(=O)NC1(C(=O)O)CCC1. The normalized spacial score (nSPS) is 20.7. The molecule has 1 aliphatic carbocycles. The number of aliphatic carboxylic acids is 1. The summed E-state index contributed by atoms with van der Waals surface area (Å²) in [4.78, 5) is 22.3. The minimum absolute atomic E-state index is 0.366. The molecule has 1 saturated carbocycles. The first-order valence-corrected chi connectivity index (χ1v) is 4.60. The summed E-state index contributed by atoms with van der Waals surface area (Å²) in [6, 6.07) is 0. The lowest BCUT2D eigenvalue weighted by Gasteiger charge is -2.38. The Morgan fingerprint density at radius 1 is 1.50 bits per heavy atom. The fourth-order valence-electron chi connectivity index (χ4n) is 1.37. The van der Waals surface area contributed by atoms with Crippen LogP contribution < -0.4 is 5.32 Å². The first-order chi connectivity index (χ1) is 6.52. The molecule has 2 N–H and O–H groups in total. The number of hydrogen-bond acceptors (Lipinski definition) is 3. The van der Waals surface area contributed by atoms with Gasteiger partial charge in [0.25, 0.3) is 0 Å². The van der Waals surface area contributed by atoms with Crippen LogP contribution in [0.25, 0.3) is 0 Å². The van der Waals surface area contributed by atoms with E-state index in [1.54, 1.807) is 6.92 Å². The molecule has 1 rings (SSSR count). The minimum Gasteiger partial charge on any atom is -0.480 e. The molecular weight excluding hydrogens is 186 g/mol. The summed E-state index contributed by atoms with van der Waals surface area (Å²) in [5.74, 6) is -1.32. The van der Waals surface area contributed by atoms with Crippen LogP contribution in [0.15, 0.2) is 0 Å². The zero-order chi connectivity index (χ0) is 10.8. The van der Waals surface area contributed by atoms with Crippen LogP contribution in [0, 0.1) is 0 Å². The van der Waals surface area contributed by atoms with Crippen LogP contribution >= 0.6 is 0 Å². The van der Waals surface area contributed by atoms with E-state index >= 15 is 0 Å². The van der Waals surface area contributed by atoms with E-state index in [1.165, 1.54) is 7.11 Å². The zero-order valence-electron chi connectivity index (χ0n) is 8.37. The van der Waals surface area contributed by atoms with E-state index in [1.807, 2.05) is 0 Å². The van der Waals surface area contributed by atoms with Crippen LogP contribution in [0.5, 0.6) is 0 Å². The monoisotopic (exact) mass is 201 g/mol. The van der Waals surface area contributed by atoms with E-state index < -0.39 is 17.6 Å². The fraction of sp³-hybridized carbons (Fsp3) is 0.778. The number of methoxy groups -OCH3 is 1. The second-order valence-corrected chi connectivity index (χ2v) is 3.61. The second kappa shape index (κ2) is 3.96. The van der Waals surface area contributed by atoms with Gasteiger partial charge in [0, 0.05) is 7.11 Å². The van der Waals surface area contributed by atoms with Crippen molar-refractivity contribution in [3.8, 4) is 0 Å². The van der Waals surface area contributed by atoms with Crippen molar-refractivity contribution in [2.75, 3.05) is 7.11 Å². The van der Waals surface area contributed by atoms with Crippen LogP contribution in [0.2, 0.25) is 0 Å². The highest BCUT2D eigenvalue weighted by Gasteiger charge is 2.46.